The molecule has 0 aromatic heterocycles. The molecule has 1 heterocycles. The molecule has 0 amide bonds. The first kappa shape index (κ1) is 13.4. The van der Waals surface area contributed by atoms with E-state index in [9.17, 15) is 4.79 Å². The van der Waals surface area contributed by atoms with Crippen molar-refractivity contribution in [1.29, 1.82) is 0 Å². The van der Waals surface area contributed by atoms with Gasteiger partial charge in [0.25, 0.3) is 0 Å². The summed E-state index contributed by atoms with van der Waals surface area (Å²) in [5.41, 5.74) is 1.61. The Morgan fingerprint density at radius 2 is 2.39 bits per heavy atom. The Labute approximate surface area is 113 Å². The third kappa shape index (κ3) is 3.03. The van der Waals surface area contributed by atoms with Crippen molar-refractivity contribution in [2.75, 3.05) is 24.6 Å². The van der Waals surface area contributed by atoms with Gasteiger partial charge in [-0.3, -0.25) is 4.79 Å². The molecule has 0 N–H and O–H groups in total. The summed E-state index contributed by atoms with van der Waals surface area (Å²) in [6.07, 6.45) is 3.30. The maximum Gasteiger partial charge on any atom is 0.152 e. The second-order valence-electron chi connectivity index (χ2n) is 4.49. The van der Waals surface area contributed by atoms with Crippen molar-refractivity contribution in [3.05, 3.63) is 28.8 Å². The first-order valence-corrected chi connectivity index (χ1v) is 6.73. The molecule has 1 aromatic carbocycles. The number of aldehydes is 1. The third-order valence-electron chi connectivity index (χ3n) is 3.24. The van der Waals surface area contributed by atoms with Gasteiger partial charge in [0.2, 0.25) is 0 Å². The van der Waals surface area contributed by atoms with Crippen LogP contribution >= 0.6 is 11.6 Å². The molecule has 0 spiro atoms. The molecule has 1 aliphatic rings. The van der Waals surface area contributed by atoms with Gasteiger partial charge in [0.15, 0.2) is 6.29 Å². The van der Waals surface area contributed by atoms with Gasteiger partial charge in [-0.25, -0.2) is 0 Å². The minimum Gasteiger partial charge on any atom is -0.377 e. The fourth-order valence-electron chi connectivity index (χ4n) is 2.42. The summed E-state index contributed by atoms with van der Waals surface area (Å²) in [5, 5.41) is 0.661. The molecule has 1 fully saturated rings. The van der Waals surface area contributed by atoms with Crippen molar-refractivity contribution < 1.29 is 9.53 Å². The number of ether oxygens (including phenoxy) is 1. The average Bonchev–Trinajstić information content (AvgIpc) is 2.39. The standard InChI is InChI=1S/C14H18ClNO2/c1-2-18-13-4-3-7-16(9-13)14-8-12(15)6-5-11(14)10-17/h5-6,8,10,13H,2-4,7,9H2,1H3. The van der Waals surface area contributed by atoms with Gasteiger partial charge >= 0.3 is 0 Å². The zero-order valence-electron chi connectivity index (χ0n) is 10.6. The summed E-state index contributed by atoms with van der Waals surface area (Å²) < 4.78 is 5.68. The Hall–Kier alpha value is -1.06. The molecule has 1 aliphatic heterocycles. The molecule has 98 valence electrons. The highest BCUT2D eigenvalue weighted by atomic mass is 35.5. The van der Waals surface area contributed by atoms with Crippen LogP contribution in [0.25, 0.3) is 0 Å². The van der Waals surface area contributed by atoms with Crippen LogP contribution in [0, 0.1) is 0 Å². The molecule has 1 saturated heterocycles. The van der Waals surface area contributed by atoms with Crippen LogP contribution < -0.4 is 4.90 Å². The lowest BCUT2D eigenvalue weighted by atomic mass is 10.1. The van der Waals surface area contributed by atoms with E-state index in [1.807, 2.05) is 13.0 Å². The smallest absolute Gasteiger partial charge is 0.152 e. The van der Waals surface area contributed by atoms with E-state index in [0.717, 1.165) is 44.5 Å². The van der Waals surface area contributed by atoms with Crippen molar-refractivity contribution in [2.45, 2.75) is 25.9 Å². The Morgan fingerprint density at radius 3 is 3.11 bits per heavy atom. The summed E-state index contributed by atoms with van der Waals surface area (Å²) in [6, 6.07) is 5.38. The van der Waals surface area contributed by atoms with Crippen LogP contribution in [0.2, 0.25) is 5.02 Å². The van der Waals surface area contributed by atoms with E-state index < -0.39 is 0 Å². The molecule has 0 bridgehead atoms. The molecule has 2 rings (SSSR count). The van der Waals surface area contributed by atoms with E-state index in [2.05, 4.69) is 4.90 Å². The van der Waals surface area contributed by atoms with Crippen LogP contribution in [-0.2, 0) is 4.74 Å². The molecule has 0 saturated carbocycles. The predicted molar refractivity (Wildman–Crippen MR) is 73.7 cm³/mol. The van der Waals surface area contributed by atoms with Crippen molar-refractivity contribution in [3.63, 3.8) is 0 Å². The minimum absolute atomic E-state index is 0.252. The van der Waals surface area contributed by atoms with Crippen molar-refractivity contribution >= 4 is 23.6 Å². The van der Waals surface area contributed by atoms with Crippen LogP contribution in [0.5, 0.6) is 0 Å². The summed E-state index contributed by atoms with van der Waals surface area (Å²) in [6.45, 7) is 4.52. The molecule has 0 radical (unpaired) electrons. The molecular weight excluding hydrogens is 250 g/mol. The average molecular weight is 268 g/mol. The second-order valence-corrected chi connectivity index (χ2v) is 4.92. The SMILES string of the molecule is CCOC1CCCN(c2cc(Cl)ccc2C=O)C1. The van der Waals surface area contributed by atoms with Gasteiger partial charge in [-0.1, -0.05) is 11.6 Å². The molecule has 3 nitrogen and oxygen atoms in total. The number of carbonyl (C=O) groups is 1. The summed E-state index contributed by atoms with van der Waals surface area (Å²) in [5.74, 6) is 0. The Morgan fingerprint density at radius 1 is 1.56 bits per heavy atom. The molecule has 1 atom stereocenters. The quantitative estimate of drug-likeness (QED) is 0.785. The first-order valence-electron chi connectivity index (χ1n) is 6.36. The van der Waals surface area contributed by atoms with E-state index in [-0.39, 0.29) is 6.10 Å². The number of hydrogen-bond donors (Lipinski definition) is 0. The number of benzene rings is 1. The number of hydrogen-bond acceptors (Lipinski definition) is 3. The lowest BCUT2D eigenvalue weighted by Crippen LogP contribution is -2.40. The van der Waals surface area contributed by atoms with Crippen molar-refractivity contribution in [1.82, 2.24) is 0 Å². The Bertz CT molecular complexity index is 420. The van der Waals surface area contributed by atoms with Crippen molar-refractivity contribution in [2.24, 2.45) is 0 Å². The summed E-state index contributed by atoms with van der Waals surface area (Å²) >= 11 is 6.02. The fraction of sp³-hybridized carbons (Fsp3) is 0.500. The fourth-order valence-corrected chi connectivity index (χ4v) is 2.59. The molecular formula is C14H18ClNO2. The molecule has 0 aliphatic carbocycles. The largest absolute Gasteiger partial charge is 0.377 e. The topological polar surface area (TPSA) is 29.5 Å². The second kappa shape index (κ2) is 6.21. The number of nitrogens with zero attached hydrogens (tertiary/aromatic N) is 1. The van der Waals surface area contributed by atoms with Gasteiger partial charge in [0.1, 0.15) is 0 Å². The van der Waals surface area contributed by atoms with E-state index in [1.54, 1.807) is 12.1 Å². The van der Waals surface area contributed by atoms with E-state index >= 15 is 0 Å². The highest BCUT2D eigenvalue weighted by molar-refractivity contribution is 6.31. The molecule has 18 heavy (non-hydrogen) atoms. The number of halogens is 1. The highest BCUT2D eigenvalue weighted by Gasteiger charge is 2.22. The summed E-state index contributed by atoms with van der Waals surface area (Å²) in [4.78, 5) is 13.3. The van der Waals surface area contributed by atoms with Crippen LogP contribution in [0.1, 0.15) is 30.1 Å². The zero-order chi connectivity index (χ0) is 13.0. The lowest BCUT2D eigenvalue weighted by Gasteiger charge is -2.34. The van der Waals surface area contributed by atoms with Gasteiger partial charge in [-0.15, -0.1) is 0 Å². The van der Waals surface area contributed by atoms with Gasteiger partial charge in [-0.05, 0) is 38.0 Å². The summed E-state index contributed by atoms with van der Waals surface area (Å²) in [7, 11) is 0. The number of anilines is 1. The highest BCUT2D eigenvalue weighted by Crippen LogP contribution is 2.27. The van der Waals surface area contributed by atoms with Gasteiger partial charge in [0.05, 0.1) is 6.10 Å². The Balaban J connectivity index is 2.19. The minimum atomic E-state index is 0.252. The maximum absolute atomic E-state index is 11.1. The van der Waals surface area contributed by atoms with Gasteiger partial charge in [-0.2, -0.15) is 0 Å². The number of carbonyl (C=O) groups excluding carboxylic acids is 1. The van der Waals surface area contributed by atoms with Crippen LogP contribution in [0.15, 0.2) is 18.2 Å². The molecule has 1 unspecified atom stereocenters. The lowest BCUT2D eigenvalue weighted by molar-refractivity contribution is 0.0526. The maximum atomic E-state index is 11.1. The first-order chi connectivity index (χ1) is 8.74. The van der Waals surface area contributed by atoms with Gasteiger partial charge < -0.3 is 9.64 Å². The normalized spacial score (nSPS) is 19.9. The number of rotatable bonds is 4. The zero-order valence-corrected chi connectivity index (χ0v) is 11.3. The van der Waals surface area contributed by atoms with Crippen LogP contribution in [0.3, 0.4) is 0 Å². The van der Waals surface area contributed by atoms with Crippen LogP contribution in [0.4, 0.5) is 5.69 Å². The predicted octanol–water partition coefficient (Wildman–Crippen LogP) is 3.16. The molecule has 4 heteroatoms. The van der Waals surface area contributed by atoms with E-state index in [1.165, 1.54) is 0 Å². The Kier molecular flexibility index (Phi) is 4.61. The van der Waals surface area contributed by atoms with Crippen molar-refractivity contribution in [3.8, 4) is 0 Å². The van der Waals surface area contributed by atoms with E-state index in [4.69, 9.17) is 16.3 Å². The molecule has 1 aromatic rings. The van der Waals surface area contributed by atoms with Gasteiger partial charge in [0, 0.05) is 36.0 Å². The van der Waals surface area contributed by atoms with E-state index in [0.29, 0.717) is 10.6 Å². The monoisotopic (exact) mass is 267 g/mol. The van der Waals surface area contributed by atoms with Crippen LogP contribution in [-0.4, -0.2) is 32.1 Å². The third-order valence-corrected chi connectivity index (χ3v) is 3.48. The number of piperidine rings is 1.